The molecule has 0 atom stereocenters. The monoisotopic (exact) mass is 434 g/mol. The van der Waals surface area contributed by atoms with Gasteiger partial charge < -0.3 is 14.5 Å². The van der Waals surface area contributed by atoms with E-state index in [-0.39, 0.29) is 25.4 Å². The minimum absolute atomic E-state index is 0.0673. The Balaban J connectivity index is 1.43. The summed E-state index contributed by atoms with van der Waals surface area (Å²) < 4.78 is 5.50. The number of aryl methyl sites for hydroxylation is 1. The molecule has 4 rings (SSSR count). The summed E-state index contributed by atoms with van der Waals surface area (Å²) in [6.07, 6.45) is 1.11. The van der Waals surface area contributed by atoms with Crippen molar-refractivity contribution in [3.8, 4) is 22.8 Å². The fourth-order valence-electron chi connectivity index (χ4n) is 3.74. The molecule has 3 aromatic rings. The number of carbonyl (C=O) groups excluding carboxylic acids is 1. The number of carboxylic acids is 1. The van der Waals surface area contributed by atoms with Crippen LogP contribution in [0.3, 0.4) is 0 Å². The highest BCUT2D eigenvalue weighted by Gasteiger charge is 2.35. The first-order chi connectivity index (χ1) is 15.3. The van der Waals surface area contributed by atoms with Gasteiger partial charge in [0.15, 0.2) is 0 Å². The zero-order chi connectivity index (χ0) is 22.8. The molecule has 0 spiro atoms. The van der Waals surface area contributed by atoms with E-state index in [0.29, 0.717) is 17.6 Å². The average molecular weight is 434 g/mol. The van der Waals surface area contributed by atoms with E-state index in [1.807, 2.05) is 43.3 Å². The summed E-state index contributed by atoms with van der Waals surface area (Å²) >= 11 is 0. The summed E-state index contributed by atoms with van der Waals surface area (Å²) in [4.78, 5) is 33.9. The molecule has 166 valence electrons. The van der Waals surface area contributed by atoms with Crippen LogP contribution in [0.4, 0.5) is 0 Å². The van der Waals surface area contributed by atoms with E-state index in [9.17, 15) is 9.59 Å². The molecule has 3 heterocycles. The number of hydrogen-bond acceptors (Lipinski definition) is 6. The van der Waals surface area contributed by atoms with Crippen LogP contribution in [0.15, 0.2) is 40.9 Å². The Morgan fingerprint density at radius 2 is 1.84 bits per heavy atom. The number of carbonyl (C=O) groups is 2. The van der Waals surface area contributed by atoms with Crippen molar-refractivity contribution >= 4 is 11.9 Å². The van der Waals surface area contributed by atoms with E-state index in [1.165, 1.54) is 0 Å². The highest BCUT2D eigenvalue weighted by Crippen LogP contribution is 2.25. The van der Waals surface area contributed by atoms with Crippen molar-refractivity contribution in [1.82, 2.24) is 20.0 Å². The van der Waals surface area contributed by atoms with Crippen LogP contribution in [0.2, 0.25) is 0 Å². The number of benzene rings is 1. The number of carboxylic acid groups (broad SMARTS) is 1. The largest absolute Gasteiger partial charge is 0.481 e. The minimum atomic E-state index is -0.851. The molecule has 1 aliphatic heterocycles. The summed E-state index contributed by atoms with van der Waals surface area (Å²) in [5.74, 6) is 0.0588. The lowest BCUT2D eigenvalue weighted by atomic mass is 9.99. The second-order valence-corrected chi connectivity index (χ2v) is 8.72. The molecule has 2 aromatic heterocycles. The second kappa shape index (κ2) is 8.90. The van der Waals surface area contributed by atoms with Gasteiger partial charge in [-0.15, -0.1) is 0 Å². The third-order valence-corrected chi connectivity index (χ3v) is 5.45. The average Bonchev–Trinajstić information content (AvgIpc) is 3.16. The summed E-state index contributed by atoms with van der Waals surface area (Å²) in [7, 11) is 0. The highest BCUT2D eigenvalue weighted by atomic mass is 16.5. The molecule has 1 saturated heterocycles. The first kappa shape index (κ1) is 21.7. The highest BCUT2D eigenvalue weighted by molar-refractivity contribution is 5.82. The van der Waals surface area contributed by atoms with Crippen LogP contribution < -0.4 is 0 Å². The number of amides is 1. The Labute approximate surface area is 186 Å². The van der Waals surface area contributed by atoms with Crippen LogP contribution in [-0.2, 0) is 22.4 Å². The summed E-state index contributed by atoms with van der Waals surface area (Å²) in [6, 6.07) is 11.3. The number of nitrogens with zero attached hydrogens (tertiary/aromatic N) is 4. The molecule has 8 heteroatoms. The van der Waals surface area contributed by atoms with Crippen LogP contribution in [0, 0.1) is 18.8 Å². The summed E-state index contributed by atoms with van der Waals surface area (Å²) in [5.41, 5.74) is 4.40. The van der Waals surface area contributed by atoms with Gasteiger partial charge in [-0.2, -0.15) is 4.98 Å². The molecule has 0 aliphatic carbocycles. The zero-order valence-corrected chi connectivity index (χ0v) is 18.4. The van der Waals surface area contributed by atoms with E-state index >= 15 is 0 Å². The summed E-state index contributed by atoms with van der Waals surface area (Å²) in [6.45, 7) is 6.83. The quantitative estimate of drug-likeness (QED) is 0.607. The lowest BCUT2D eigenvalue weighted by Crippen LogP contribution is -2.53. The topological polar surface area (TPSA) is 109 Å². The number of hydrogen-bond donors (Lipinski definition) is 1. The number of pyridine rings is 1. The fourth-order valence-corrected chi connectivity index (χ4v) is 3.74. The van der Waals surface area contributed by atoms with Gasteiger partial charge in [0.1, 0.15) is 0 Å². The number of aliphatic carboxylic acids is 1. The van der Waals surface area contributed by atoms with Gasteiger partial charge in [-0.3, -0.25) is 14.6 Å². The maximum absolute atomic E-state index is 12.3. The van der Waals surface area contributed by atoms with E-state index in [2.05, 4.69) is 29.0 Å². The molecule has 1 N–H and O–H groups in total. The molecule has 0 unspecified atom stereocenters. The second-order valence-electron chi connectivity index (χ2n) is 8.72. The van der Waals surface area contributed by atoms with Gasteiger partial charge in [-0.25, -0.2) is 0 Å². The van der Waals surface area contributed by atoms with Crippen LogP contribution in [-0.4, -0.2) is 50.1 Å². The van der Waals surface area contributed by atoms with Gasteiger partial charge in [0.2, 0.25) is 11.7 Å². The predicted molar refractivity (Wildman–Crippen MR) is 118 cm³/mol. The molecule has 1 aromatic carbocycles. The van der Waals surface area contributed by atoms with Crippen LogP contribution >= 0.6 is 0 Å². The van der Waals surface area contributed by atoms with Crippen molar-refractivity contribution in [3.63, 3.8) is 0 Å². The van der Waals surface area contributed by atoms with Crippen LogP contribution in [0.1, 0.15) is 30.8 Å². The van der Waals surface area contributed by atoms with Gasteiger partial charge in [-0.1, -0.05) is 43.3 Å². The first-order valence-corrected chi connectivity index (χ1v) is 10.7. The SMILES string of the molecule is Cc1cc(-c2nc(-c3ccc(CC(=O)N4CC(C(=O)O)C4)cc3)no2)cc(CC(C)C)n1. The number of rotatable bonds is 7. The lowest BCUT2D eigenvalue weighted by Gasteiger charge is -2.36. The Bertz CT molecular complexity index is 1130. The van der Waals surface area contributed by atoms with Crippen molar-refractivity contribution in [3.05, 3.63) is 53.3 Å². The molecule has 1 amide bonds. The Kier molecular flexibility index (Phi) is 6.03. The maximum atomic E-state index is 12.3. The summed E-state index contributed by atoms with van der Waals surface area (Å²) in [5, 5.41) is 13.0. The predicted octanol–water partition coefficient (Wildman–Crippen LogP) is 3.39. The number of likely N-dealkylation sites (tertiary alicyclic amines) is 1. The molecule has 8 nitrogen and oxygen atoms in total. The van der Waals surface area contributed by atoms with Gasteiger partial charge in [0.25, 0.3) is 5.89 Å². The van der Waals surface area contributed by atoms with E-state index in [1.54, 1.807) is 4.90 Å². The molecule has 0 bridgehead atoms. The third-order valence-electron chi connectivity index (χ3n) is 5.45. The Morgan fingerprint density at radius 1 is 1.12 bits per heavy atom. The van der Waals surface area contributed by atoms with Gasteiger partial charge >= 0.3 is 5.97 Å². The maximum Gasteiger partial charge on any atom is 0.310 e. The lowest BCUT2D eigenvalue weighted by molar-refractivity contribution is -0.152. The Morgan fingerprint density at radius 3 is 2.50 bits per heavy atom. The van der Waals surface area contributed by atoms with E-state index in [0.717, 1.165) is 34.5 Å². The van der Waals surface area contributed by atoms with Crippen LogP contribution in [0.25, 0.3) is 22.8 Å². The Hall–Kier alpha value is -3.55. The number of aromatic nitrogens is 3. The third kappa shape index (κ3) is 4.85. The first-order valence-electron chi connectivity index (χ1n) is 10.7. The molecule has 32 heavy (non-hydrogen) atoms. The molecule has 1 fully saturated rings. The van der Waals surface area contributed by atoms with Gasteiger partial charge in [0.05, 0.1) is 12.3 Å². The van der Waals surface area contributed by atoms with Gasteiger partial charge in [0, 0.05) is 35.6 Å². The molecular weight excluding hydrogens is 408 g/mol. The molecular formula is C24H26N4O4. The van der Waals surface area contributed by atoms with Crippen molar-refractivity contribution in [1.29, 1.82) is 0 Å². The molecule has 1 aliphatic rings. The fraction of sp³-hybridized carbons (Fsp3) is 0.375. The van der Waals surface area contributed by atoms with Crippen molar-refractivity contribution < 1.29 is 19.2 Å². The van der Waals surface area contributed by atoms with Crippen molar-refractivity contribution in [2.75, 3.05) is 13.1 Å². The smallest absolute Gasteiger partial charge is 0.310 e. The van der Waals surface area contributed by atoms with Crippen LogP contribution in [0.5, 0.6) is 0 Å². The normalized spacial score (nSPS) is 13.9. The van der Waals surface area contributed by atoms with E-state index < -0.39 is 11.9 Å². The van der Waals surface area contributed by atoms with Gasteiger partial charge in [-0.05, 0) is 37.0 Å². The zero-order valence-electron chi connectivity index (χ0n) is 18.4. The molecule has 0 radical (unpaired) electrons. The van der Waals surface area contributed by atoms with Crippen molar-refractivity contribution in [2.45, 2.75) is 33.6 Å². The van der Waals surface area contributed by atoms with Crippen molar-refractivity contribution in [2.24, 2.45) is 11.8 Å². The molecule has 0 saturated carbocycles. The minimum Gasteiger partial charge on any atom is -0.481 e. The van der Waals surface area contributed by atoms with E-state index in [4.69, 9.17) is 9.63 Å². The standard InChI is InChI=1S/C24H26N4O4/c1-14(2)8-20-11-18(9-15(3)25-20)23-26-22(27-32-23)17-6-4-16(5-7-17)10-21(29)28-12-19(13-28)24(30)31/h4-7,9,11,14,19H,8,10,12-13H2,1-3H3,(H,30,31).